The number of halogens is 4. The SMILES string of the molecule is Cc1cccc(F)c1.O=c1c(C2CCCCC2)cc(-c2cnn(CC3CC3)c2)nn1Cc1ncccc1C(F)(F)F. The maximum absolute atomic E-state index is 13.5. The molecule has 6 nitrogen and oxygen atoms in total. The standard InChI is InChI=1S/C24H26F3N5O.C7H7F/c25-24(26,27)20-7-4-10-28-22(20)15-32-23(33)19(17-5-2-1-3-6-17)11-21(30-32)18-12-29-31(14-18)13-16-8-9-16;1-6-3-2-4-7(8)5-6/h4,7,10-12,14,16-17H,1-3,5-6,8-9,13,15H2;2-5H,1H3. The van der Waals surface area contributed by atoms with Gasteiger partial charge in [0.15, 0.2) is 0 Å². The third-order valence-electron chi connectivity index (χ3n) is 7.59. The molecule has 0 amide bonds. The molecule has 0 radical (unpaired) electrons. The topological polar surface area (TPSA) is 65.6 Å². The number of hydrogen-bond donors (Lipinski definition) is 0. The van der Waals surface area contributed by atoms with Crippen LogP contribution >= 0.6 is 0 Å². The van der Waals surface area contributed by atoms with Crippen molar-refractivity contribution in [3.63, 3.8) is 0 Å². The van der Waals surface area contributed by atoms with Gasteiger partial charge >= 0.3 is 6.18 Å². The zero-order valence-electron chi connectivity index (χ0n) is 22.9. The Balaban J connectivity index is 0.000000365. The van der Waals surface area contributed by atoms with E-state index in [0.29, 0.717) is 17.2 Å². The Morgan fingerprint density at radius 2 is 1.78 bits per heavy atom. The highest BCUT2D eigenvalue weighted by Crippen LogP contribution is 2.34. The summed E-state index contributed by atoms with van der Waals surface area (Å²) in [6.45, 7) is 2.37. The number of benzene rings is 1. The predicted molar refractivity (Wildman–Crippen MR) is 148 cm³/mol. The Bertz CT molecular complexity index is 1520. The molecule has 2 aliphatic carbocycles. The lowest BCUT2D eigenvalue weighted by atomic mass is 9.84. The zero-order valence-corrected chi connectivity index (χ0v) is 22.9. The fourth-order valence-electron chi connectivity index (χ4n) is 5.25. The van der Waals surface area contributed by atoms with E-state index in [2.05, 4.69) is 15.2 Å². The van der Waals surface area contributed by atoms with Gasteiger partial charge in [0.25, 0.3) is 5.56 Å². The molecule has 0 bridgehead atoms. The second kappa shape index (κ2) is 12.4. The predicted octanol–water partition coefficient (Wildman–Crippen LogP) is 7.16. The molecule has 41 heavy (non-hydrogen) atoms. The van der Waals surface area contributed by atoms with E-state index in [0.717, 1.165) is 60.5 Å². The normalized spacial score (nSPS) is 15.8. The molecule has 4 aromatic rings. The van der Waals surface area contributed by atoms with Gasteiger partial charge in [0, 0.05) is 30.1 Å². The highest BCUT2D eigenvalue weighted by atomic mass is 19.4. The summed E-state index contributed by atoms with van der Waals surface area (Å²) in [6, 6.07) is 10.6. The quantitative estimate of drug-likeness (QED) is 0.232. The summed E-state index contributed by atoms with van der Waals surface area (Å²) in [5.74, 6) is 0.582. The molecule has 0 aliphatic heterocycles. The largest absolute Gasteiger partial charge is 0.418 e. The van der Waals surface area contributed by atoms with E-state index in [1.165, 1.54) is 37.2 Å². The Morgan fingerprint density at radius 3 is 2.44 bits per heavy atom. The molecule has 3 heterocycles. The van der Waals surface area contributed by atoms with Crippen LogP contribution in [0.1, 0.15) is 73.2 Å². The average molecular weight is 568 g/mol. The van der Waals surface area contributed by atoms with E-state index in [4.69, 9.17) is 0 Å². The summed E-state index contributed by atoms with van der Waals surface area (Å²) >= 11 is 0. The smallest absolute Gasteiger partial charge is 0.272 e. The Hall–Kier alpha value is -3.82. The second-order valence-electron chi connectivity index (χ2n) is 11.0. The highest BCUT2D eigenvalue weighted by Gasteiger charge is 2.34. The van der Waals surface area contributed by atoms with Crippen LogP contribution in [-0.4, -0.2) is 24.5 Å². The van der Waals surface area contributed by atoms with Crippen molar-refractivity contribution in [2.75, 3.05) is 0 Å². The van der Waals surface area contributed by atoms with Crippen molar-refractivity contribution in [1.82, 2.24) is 24.5 Å². The third-order valence-corrected chi connectivity index (χ3v) is 7.59. The number of pyridine rings is 1. The van der Waals surface area contributed by atoms with Crippen molar-refractivity contribution in [1.29, 1.82) is 0 Å². The Morgan fingerprint density at radius 1 is 1.00 bits per heavy atom. The lowest BCUT2D eigenvalue weighted by molar-refractivity contribution is -0.138. The van der Waals surface area contributed by atoms with Crippen molar-refractivity contribution >= 4 is 0 Å². The number of nitrogens with zero attached hydrogens (tertiary/aromatic N) is 5. The highest BCUT2D eigenvalue weighted by molar-refractivity contribution is 5.57. The fraction of sp³-hybridized carbons (Fsp3) is 0.419. The van der Waals surface area contributed by atoms with Crippen LogP contribution in [0.15, 0.2) is 65.8 Å². The molecule has 216 valence electrons. The number of rotatable bonds is 6. The maximum atomic E-state index is 13.5. The molecule has 1 aromatic carbocycles. The van der Waals surface area contributed by atoms with Crippen molar-refractivity contribution in [3.8, 4) is 11.3 Å². The van der Waals surface area contributed by atoms with E-state index in [9.17, 15) is 22.4 Å². The van der Waals surface area contributed by atoms with Gasteiger partial charge in [-0.2, -0.15) is 23.4 Å². The lowest BCUT2D eigenvalue weighted by Gasteiger charge is -2.22. The summed E-state index contributed by atoms with van der Waals surface area (Å²) in [6.07, 6.45) is 7.80. The van der Waals surface area contributed by atoms with E-state index >= 15 is 0 Å². The first-order valence-electron chi connectivity index (χ1n) is 14.1. The third kappa shape index (κ3) is 7.48. The molecule has 0 N–H and O–H groups in total. The first-order chi connectivity index (χ1) is 19.7. The second-order valence-corrected chi connectivity index (χ2v) is 11.0. The molecular formula is C31H33F4N5O. The van der Waals surface area contributed by atoms with E-state index in [-0.39, 0.29) is 29.5 Å². The van der Waals surface area contributed by atoms with Crippen LogP contribution in [0.3, 0.4) is 0 Å². The Kier molecular flexibility index (Phi) is 8.65. The lowest BCUT2D eigenvalue weighted by Crippen LogP contribution is -2.30. The van der Waals surface area contributed by atoms with Crippen LogP contribution in [0.4, 0.5) is 17.6 Å². The van der Waals surface area contributed by atoms with E-state index in [1.54, 1.807) is 12.3 Å². The summed E-state index contributed by atoms with van der Waals surface area (Å²) in [7, 11) is 0. The van der Waals surface area contributed by atoms with Crippen LogP contribution in [0.25, 0.3) is 11.3 Å². The average Bonchev–Trinajstić information content (AvgIpc) is 3.64. The van der Waals surface area contributed by atoms with Crippen molar-refractivity contribution in [2.24, 2.45) is 5.92 Å². The molecular weight excluding hydrogens is 534 g/mol. The monoisotopic (exact) mass is 567 g/mol. The Labute approximate surface area is 236 Å². The van der Waals surface area contributed by atoms with Crippen LogP contribution < -0.4 is 5.56 Å². The fourth-order valence-corrected chi connectivity index (χ4v) is 5.25. The molecule has 6 rings (SSSR count). The molecule has 0 spiro atoms. The molecule has 2 fully saturated rings. The minimum absolute atomic E-state index is 0.0894. The van der Waals surface area contributed by atoms with Crippen molar-refractivity contribution in [3.05, 3.63) is 99.6 Å². The van der Waals surface area contributed by atoms with Gasteiger partial charge < -0.3 is 0 Å². The van der Waals surface area contributed by atoms with Gasteiger partial charge in [-0.3, -0.25) is 14.5 Å². The number of aromatic nitrogens is 5. The summed E-state index contributed by atoms with van der Waals surface area (Å²) in [4.78, 5) is 17.3. The molecule has 10 heteroatoms. The van der Waals surface area contributed by atoms with Gasteiger partial charge in [-0.05, 0) is 80.3 Å². The minimum atomic E-state index is -4.55. The number of hydrogen-bond acceptors (Lipinski definition) is 4. The van der Waals surface area contributed by atoms with Gasteiger partial charge in [0.2, 0.25) is 0 Å². The van der Waals surface area contributed by atoms with Gasteiger partial charge in [-0.15, -0.1) is 0 Å². The van der Waals surface area contributed by atoms with Crippen LogP contribution in [0.2, 0.25) is 0 Å². The molecule has 0 atom stereocenters. The first kappa shape index (κ1) is 28.7. The number of aryl methyl sites for hydroxylation is 1. The zero-order chi connectivity index (χ0) is 29.0. The minimum Gasteiger partial charge on any atom is -0.272 e. The summed E-state index contributed by atoms with van der Waals surface area (Å²) < 4.78 is 55.8. The van der Waals surface area contributed by atoms with Crippen molar-refractivity contribution < 1.29 is 17.6 Å². The molecule has 2 saturated carbocycles. The van der Waals surface area contributed by atoms with Crippen LogP contribution in [0, 0.1) is 18.7 Å². The van der Waals surface area contributed by atoms with Crippen LogP contribution in [-0.2, 0) is 19.3 Å². The molecule has 3 aromatic heterocycles. The molecule has 0 saturated heterocycles. The van der Waals surface area contributed by atoms with Gasteiger partial charge in [0.1, 0.15) is 5.82 Å². The van der Waals surface area contributed by atoms with Gasteiger partial charge in [0.05, 0.1) is 29.7 Å². The van der Waals surface area contributed by atoms with Gasteiger partial charge in [-0.1, -0.05) is 31.4 Å². The number of alkyl halides is 3. The van der Waals surface area contributed by atoms with Gasteiger partial charge in [-0.25, -0.2) is 9.07 Å². The van der Waals surface area contributed by atoms with E-state index < -0.39 is 11.7 Å². The van der Waals surface area contributed by atoms with Crippen LogP contribution in [0.5, 0.6) is 0 Å². The summed E-state index contributed by atoms with van der Waals surface area (Å²) in [5, 5.41) is 8.89. The summed E-state index contributed by atoms with van der Waals surface area (Å²) in [5.41, 5.74) is 1.51. The van der Waals surface area contributed by atoms with E-state index in [1.807, 2.05) is 29.9 Å². The molecule has 2 aliphatic rings. The maximum Gasteiger partial charge on any atom is 0.418 e. The first-order valence-corrected chi connectivity index (χ1v) is 14.1. The van der Waals surface area contributed by atoms with Crippen molar-refractivity contribution in [2.45, 2.75) is 77.1 Å². The molecule has 0 unspecified atom stereocenters.